The maximum atomic E-state index is 14.1. The zero-order chi connectivity index (χ0) is 104. The highest BCUT2D eigenvalue weighted by Gasteiger charge is 2.67. The topological polar surface area (TPSA) is 225 Å². The number of aromatic amines is 1. The van der Waals surface area contributed by atoms with E-state index in [1.165, 1.54) is 136 Å². The summed E-state index contributed by atoms with van der Waals surface area (Å²) in [6, 6.07) is 46.7. The molecule has 9 aromatic rings. The number of nitrogens with one attached hydrogen (secondary N) is 4. The molecule has 12 fully saturated rings. The molecule has 4 saturated heterocycles. The number of nitro benzene ring substituents is 2. The Morgan fingerprint density at radius 2 is 0.837 bits per heavy atom. The number of anilines is 4. The van der Waals surface area contributed by atoms with Crippen LogP contribution in [0.2, 0.25) is 20.1 Å². The third-order valence-corrected chi connectivity index (χ3v) is 37.2. The van der Waals surface area contributed by atoms with Gasteiger partial charge in [-0.05, 0) is 319 Å². The second kappa shape index (κ2) is 49.3. The molecule has 21 rings (SSSR count). The van der Waals surface area contributed by atoms with Crippen molar-refractivity contribution in [3.8, 4) is 0 Å². The van der Waals surface area contributed by atoms with Crippen LogP contribution in [-0.4, -0.2) is 294 Å². The third-order valence-electron chi connectivity index (χ3n) is 33.3. The molecule has 6 N–H and O–H groups in total. The van der Waals surface area contributed by atoms with E-state index in [1.54, 1.807) is 11.6 Å². The Bertz CT molecular complexity index is 6200. The summed E-state index contributed by atoms with van der Waals surface area (Å²) in [6.07, 6.45) is 18.7. The van der Waals surface area contributed by atoms with Gasteiger partial charge in [0.2, 0.25) is 5.95 Å². The first-order valence-electron chi connectivity index (χ1n) is 51.4. The van der Waals surface area contributed by atoms with E-state index in [1.807, 2.05) is 11.2 Å². The van der Waals surface area contributed by atoms with Crippen LogP contribution in [0.5, 0.6) is 0 Å². The van der Waals surface area contributed by atoms with Crippen LogP contribution < -0.4 is 26.6 Å². The van der Waals surface area contributed by atoms with Crippen molar-refractivity contribution in [2.24, 2.45) is 28.7 Å². The van der Waals surface area contributed by atoms with Crippen molar-refractivity contribution in [1.29, 1.82) is 0 Å². The molecule has 8 aliphatic carbocycles. The first-order valence-corrected chi connectivity index (χ1v) is 57.3. The summed E-state index contributed by atoms with van der Waals surface area (Å²) < 4.78 is 59.4. The smallest absolute Gasteiger partial charge is 0.298 e. The number of nitrogens with zero attached hydrogens (tertiary/aromatic N) is 15. The number of aromatic nitrogens is 2. The van der Waals surface area contributed by atoms with Crippen molar-refractivity contribution in [2.75, 3.05) is 207 Å². The Hall–Kier alpha value is -6.75. The Morgan fingerprint density at radius 1 is 0.476 bits per heavy atom. The van der Waals surface area contributed by atoms with Gasteiger partial charge >= 0.3 is 0 Å². The van der Waals surface area contributed by atoms with Gasteiger partial charge in [0, 0.05) is 200 Å². The number of nitro groups is 2. The van der Waals surface area contributed by atoms with Gasteiger partial charge in [-0.1, -0.05) is 159 Å². The molecule has 8 saturated carbocycles. The highest BCUT2D eigenvalue weighted by atomic mass is 79.9. The number of benzene rings is 8. The number of imidazole rings is 1. The van der Waals surface area contributed by atoms with Gasteiger partial charge in [-0.2, -0.15) is 4.99 Å². The van der Waals surface area contributed by atoms with Gasteiger partial charge in [0.05, 0.1) is 69.6 Å². The van der Waals surface area contributed by atoms with Crippen LogP contribution in [0.25, 0.3) is 11.0 Å². The van der Waals surface area contributed by atoms with Crippen LogP contribution in [0.15, 0.2) is 168 Å². The summed E-state index contributed by atoms with van der Waals surface area (Å²) in [7, 11) is 8.76. The number of hydrogen-bond acceptors (Lipinski definition) is 20. The normalized spacial score (nSPS) is 25.6. The van der Waals surface area contributed by atoms with Gasteiger partial charge in [-0.3, -0.25) is 20.2 Å². The molecule has 8 aromatic carbocycles. The van der Waals surface area contributed by atoms with E-state index in [0.29, 0.717) is 68.4 Å². The molecule has 5 heterocycles. The first-order chi connectivity index (χ1) is 70.6. The molecule has 0 radical (unpaired) electrons. The average Bonchev–Trinajstić information content (AvgIpc) is 1.51. The predicted molar refractivity (Wildman–Crippen MR) is 611 cm³/mol. The van der Waals surface area contributed by atoms with E-state index < -0.39 is 38.8 Å². The molecular formula is C108H130Br4Cl4F4N20O4S3. The van der Waals surface area contributed by atoms with Gasteiger partial charge in [-0.25, -0.2) is 22.5 Å². The molecule has 6 unspecified atom stereocenters. The van der Waals surface area contributed by atoms with Crippen molar-refractivity contribution in [3.63, 3.8) is 0 Å². The van der Waals surface area contributed by atoms with Crippen LogP contribution in [0, 0.1) is 67.2 Å². The Labute approximate surface area is 929 Å². The van der Waals surface area contributed by atoms with Crippen molar-refractivity contribution in [3.05, 3.63) is 249 Å². The largest absolute Gasteiger partial charge is 0.397 e. The number of halogens is 12. The number of nitrogens with two attached hydrogens (primary N) is 1. The molecule has 1 aromatic heterocycles. The molecule has 0 amide bonds. The number of thiocarbonyl (C=S) groups is 3. The maximum Gasteiger partial charge on any atom is 0.298 e. The number of piperazine rings is 4. The van der Waals surface area contributed by atoms with E-state index in [9.17, 15) is 37.8 Å². The quantitative estimate of drug-likeness (QED) is 0.00537. The molecule has 12 atom stereocenters. The Kier molecular flexibility index (Phi) is 37.4. The fraction of sp³-hybridized carbons (Fsp3) is 0.519. The summed E-state index contributed by atoms with van der Waals surface area (Å²) in [5.74, 6) is 0.741. The monoisotopic (exact) mass is 2400 g/mol. The van der Waals surface area contributed by atoms with Gasteiger partial charge in [0.25, 0.3) is 11.4 Å². The molecule has 39 heteroatoms. The second-order valence-electron chi connectivity index (χ2n) is 42.2. The van der Waals surface area contributed by atoms with Crippen LogP contribution in [0.1, 0.15) is 125 Å². The lowest BCUT2D eigenvalue weighted by Crippen LogP contribution is -2.47. The minimum atomic E-state index is -0.873. The number of nitrogen functional groups attached to an aromatic ring is 1. The Balaban J connectivity index is 0.000000129. The summed E-state index contributed by atoms with van der Waals surface area (Å²) in [5.41, 5.74) is 14.5. The first kappa shape index (κ1) is 111. The molecule has 12 aliphatic rings. The SMILES string of the molecule is CN1CCN(CCCN(C(=S)Nc2cc(Cl)c(F)cc2N)C2CC[C@]3(c4cccc(Br)c4)CC23)CC1.CN1CCN(CCCN(C(=S)Nc2cc(Cl)c(F)cc2[N+](=O)[O-])C2CC[C@]3(c4cccc(Br)c4)CC23)CC1.CN1CCN(CCCN(c2nc3cc(Cl)c(F)cc3[nH]2)[C@@H]2CC[C@]3(c4cccc(Br)c4)CC23)CC1.CN1CCN(CCCN[C@@H]2CC[C@]3(c4cccc(Br)c4)CC23)CC1.O=[N+]([O-])c1cc(F)c(Cl)cc1N=C=S. The van der Waals surface area contributed by atoms with Crippen molar-refractivity contribution in [2.45, 2.75) is 149 Å². The van der Waals surface area contributed by atoms with Crippen molar-refractivity contribution < 1.29 is 27.4 Å². The zero-order valence-electron chi connectivity index (χ0n) is 83.4. The van der Waals surface area contributed by atoms with E-state index in [-0.39, 0.29) is 59.4 Å². The third kappa shape index (κ3) is 26.7. The van der Waals surface area contributed by atoms with Gasteiger partial charge in [0.1, 0.15) is 29.0 Å². The minimum absolute atomic E-state index is 0.0350. The summed E-state index contributed by atoms with van der Waals surface area (Å²) in [4.78, 5) is 59.3. The fourth-order valence-electron chi connectivity index (χ4n) is 24.7. The van der Waals surface area contributed by atoms with Crippen LogP contribution in [-0.2, 0) is 21.7 Å². The molecule has 0 bridgehead atoms. The number of likely N-dealkylation sites (N-methyl/N-ethyl adjacent to an activating group) is 4. The van der Waals surface area contributed by atoms with Gasteiger partial charge in [0.15, 0.2) is 15.9 Å². The molecule has 0 spiro atoms. The Morgan fingerprint density at radius 3 is 1.26 bits per heavy atom. The molecular weight excluding hydrogens is 2270 g/mol. The number of rotatable bonds is 30. The fourth-order valence-corrected chi connectivity index (χ4v) is 27.7. The van der Waals surface area contributed by atoms with Crippen molar-refractivity contribution in [1.82, 2.24) is 64.3 Å². The lowest BCUT2D eigenvalue weighted by Gasteiger charge is -2.35. The highest BCUT2D eigenvalue weighted by molar-refractivity contribution is 9.11. The minimum Gasteiger partial charge on any atom is -0.397 e. The lowest BCUT2D eigenvalue weighted by atomic mass is 9.93. The zero-order valence-corrected chi connectivity index (χ0v) is 95.3. The van der Waals surface area contributed by atoms with Crippen LogP contribution in [0.4, 0.5) is 57.6 Å². The molecule has 147 heavy (non-hydrogen) atoms. The maximum absolute atomic E-state index is 14.1. The summed E-state index contributed by atoms with van der Waals surface area (Å²) in [5, 5.41) is 35.1. The lowest BCUT2D eigenvalue weighted by molar-refractivity contribution is -0.384. The average molecular weight is 2410 g/mol. The van der Waals surface area contributed by atoms with E-state index in [0.717, 1.165) is 218 Å². The number of isothiocyanates is 1. The highest BCUT2D eigenvalue weighted by Crippen LogP contribution is 2.69. The molecule has 24 nitrogen and oxygen atoms in total. The number of aliphatic imine (C=N–C) groups is 1. The van der Waals surface area contributed by atoms with E-state index >= 15 is 0 Å². The van der Waals surface area contributed by atoms with Crippen LogP contribution >= 0.6 is 147 Å². The van der Waals surface area contributed by atoms with E-state index in [4.69, 9.17) is 81.6 Å². The van der Waals surface area contributed by atoms with E-state index in [2.05, 4.69) is 275 Å². The summed E-state index contributed by atoms with van der Waals surface area (Å²) >= 11 is 54.2. The summed E-state index contributed by atoms with van der Waals surface area (Å²) in [6.45, 7) is 26.3. The van der Waals surface area contributed by atoms with Gasteiger partial charge in [-0.15, -0.1) is 0 Å². The molecule has 788 valence electrons. The number of H-pyrrole nitrogens is 1. The second-order valence-corrected chi connectivity index (χ2v) is 48.5. The predicted octanol–water partition coefficient (Wildman–Crippen LogP) is 23.4. The number of fused-ring (bicyclic) bond motifs is 5. The van der Waals surface area contributed by atoms with Gasteiger partial charge < -0.3 is 80.6 Å². The standard InChI is InChI=1S/C27H32BrClFN5O2S.C27H34BrClFN5S.C27H32BrClFN5.C20H30BrN3.C7H2ClFN2O2S/c1-32-10-12-33(13-11-32)8-3-9-34(26(38)31-23-15-21(29)22(30)16-25(23)35(36)37)24-6-7-27(17-20(24)27)18-4-2-5-19(28)14-18;1-33-10-12-34(13-11-33)8-3-9-35(26(36)32-24-15-21(29)22(30)16-23(24)31)25-6-7-27(17-20(25)27)18-4-2-5-19(28)14-18;1-33-10-12-34(13-11-33)8-3-9-35(26-31-23-15-21(29)22(30)16-24(23)32-26)25-6-7-27(17-20(25)27)18-4-2-5-19(28)14-18;1-23-10-12-24(13-11-23)9-3-8-22-19-6-7-20(15-18(19)20)16-4-2-5-17(21)14-16;8-4-1-6(10-3-14)7(11(12)13)2-5(4)9/h2,4-5,14-16,20,24H,3,6-13,17H2,1H3,(H,31,38);2,4-5,14-16,20,25H,3,6-13,17,31H2,1H3,(H,32,36);2,4-5,14-16,20,25H,3,6-13,17H2,1H3,(H,31,32);2,4-5,14,18-19,22H,3,6-13,15H2,1H3;1-2H/t20?,24?,27-;20?,25?,27-;20?,25-,27-;18?,19-,20-;/m1111./s1. The van der Waals surface area contributed by atoms with Crippen LogP contribution in [0.3, 0.4) is 0 Å². The van der Waals surface area contributed by atoms with Crippen molar-refractivity contribution >= 4 is 213 Å². The number of hydrogen-bond donors (Lipinski definition) is 5. The molecule has 4 aliphatic heterocycles.